The van der Waals surface area contributed by atoms with E-state index in [4.69, 9.17) is 5.26 Å². The number of hydrogen-bond donors (Lipinski definition) is 0. The molecule has 0 unspecified atom stereocenters. The van der Waals surface area contributed by atoms with E-state index in [1.807, 2.05) is 25.1 Å². The minimum atomic E-state index is 0.405. The molecule has 0 aliphatic carbocycles. The van der Waals surface area contributed by atoms with Gasteiger partial charge in [0.25, 0.3) is 0 Å². The number of halogens is 1. The molecule has 0 saturated heterocycles. The standard InChI is InChI=1S/C11H9BrN4/c1-8-10(12)3-2-9(15-8)7-16-5-4-14-11(16)6-13/h2-5H,7H2,1H3. The van der Waals surface area contributed by atoms with Crippen molar-refractivity contribution < 1.29 is 0 Å². The fourth-order valence-electron chi connectivity index (χ4n) is 1.41. The third kappa shape index (κ3) is 2.12. The molecule has 0 spiro atoms. The molecule has 4 nitrogen and oxygen atoms in total. The van der Waals surface area contributed by atoms with Crippen LogP contribution in [0.25, 0.3) is 0 Å². The van der Waals surface area contributed by atoms with Gasteiger partial charge < -0.3 is 4.57 Å². The van der Waals surface area contributed by atoms with Crippen LogP contribution < -0.4 is 0 Å². The molecule has 0 aromatic carbocycles. The van der Waals surface area contributed by atoms with Gasteiger partial charge in [0.05, 0.1) is 17.9 Å². The largest absolute Gasteiger partial charge is 0.317 e. The van der Waals surface area contributed by atoms with E-state index in [2.05, 4.69) is 25.9 Å². The topological polar surface area (TPSA) is 54.5 Å². The van der Waals surface area contributed by atoms with Gasteiger partial charge in [-0.25, -0.2) is 4.98 Å². The van der Waals surface area contributed by atoms with Crippen molar-refractivity contribution in [2.24, 2.45) is 0 Å². The van der Waals surface area contributed by atoms with E-state index in [0.717, 1.165) is 15.9 Å². The van der Waals surface area contributed by atoms with Gasteiger partial charge in [-0.2, -0.15) is 5.26 Å². The number of imidazole rings is 1. The van der Waals surface area contributed by atoms with Crippen LogP contribution >= 0.6 is 15.9 Å². The molecule has 2 aromatic heterocycles. The normalized spacial score (nSPS) is 10.1. The number of hydrogen-bond acceptors (Lipinski definition) is 3. The van der Waals surface area contributed by atoms with Gasteiger partial charge in [0.15, 0.2) is 0 Å². The predicted octanol–water partition coefficient (Wildman–Crippen LogP) is 2.27. The summed E-state index contributed by atoms with van der Waals surface area (Å²) in [6, 6.07) is 5.92. The molecule has 0 amide bonds. The smallest absolute Gasteiger partial charge is 0.213 e. The molecule has 0 radical (unpaired) electrons. The van der Waals surface area contributed by atoms with Gasteiger partial charge in [0.1, 0.15) is 6.07 Å². The molecule has 0 fully saturated rings. The number of aryl methyl sites for hydroxylation is 1. The molecule has 80 valence electrons. The number of pyridine rings is 1. The highest BCUT2D eigenvalue weighted by atomic mass is 79.9. The molecule has 0 atom stereocenters. The van der Waals surface area contributed by atoms with Crippen molar-refractivity contribution in [3.63, 3.8) is 0 Å². The summed E-state index contributed by atoms with van der Waals surface area (Å²) in [6.07, 6.45) is 3.39. The highest BCUT2D eigenvalue weighted by Crippen LogP contribution is 2.14. The Balaban J connectivity index is 2.28. The van der Waals surface area contributed by atoms with Crippen molar-refractivity contribution in [1.82, 2.24) is 14.5 Å². The molecule has 0 aliphatic rings. The maximum atomic E-state index is 8.82. The van der Waals surface area contributed by atoms with E-state index in [0.29, 0.717) is 12.4 Å². The highest BCUT2D eigenvalue weighted by Gasteiger charge is 2.04. The summed E-state index contributed by atoms with van der Waals surface area (Å²) >= 11 is 3.40. The van der Waals surface area contributed by atoms with Gasteiger partial charge in [-0.1, -0.05) is 0 Å². The average Bonchev–Trinajstić information content (AvgIpc) is 2.71. The maximum absolute atomic E-state index is 8.82. The van der Waals surface area contributed by atoms with Crippen LogP contribution in [0.1, 0.15) is 17.2 Å². The fraction of sp³-hybridized carbons (Fsp3) is 0.182. The van der Waals surface area contributed by atoms with Gasteiger partial charge in [-0.15, -0.1) is 0 Å². The molecule has 0 N–H and O–H groups in total. The van der Waals surface area contributed by atoms with E-state index >= 15 is 0 Å². The van der Waals surface area contributed by atoms with Crippen molar-refractivity contribution in [3.8, 4) is 6.07 Å². The molecule has 2 heterocycles. The van der Waals surface area contributed by atoms with Crippen LogP contribution in [0.15, 0.2) is 29.0 Å². The maximum Gasteiger partial charge on any atom is 0.213 e. The summed E-state index contributed by atoms with van der Waals surface area (Å²) in [5.74, 6) is 0.405. The molecule has 0 aliphatic heterocycles. The third-order valence-electron chi connectivity index (χ3n) is 2.23. The number of nitrogens with zero attached hydrogens (tertiary/aromatic N) is 4. The molecular formula is C11H9BrN4. The number of nitriles is 1. The van der Waals surface area contributed by atoms with E-state index in [1.165, 1.54) is 0 Å². The lowest BCUT2D eigenvalue weighted by molar-refractivity contribution is 0.756. The highest BCUT2D eigenvalue weighted by molar-refractivity contribution is 9.10. The first kappa shape index (κ1) is 10.8. The van der Waals surface area contributed by atoms with Crippen molar-refractivity contribution >= 4 is 15.9 Å². The second-order valence-electron chi connectivity index (χ2n) is 3.36. The van der Waals surface area contributed by atoms with Gasteiger partial charge in [-0.05, 0) is 35.0 Å². The second kappa shape index (κ2) is 4.45. The Morgan fingerprint density at radius 1 is 1.50 bits per heavy atom. The molecule has 5 heteroatoms. The van der Waals surface area contributed by atoms with Gasteiger partial charge >= 0.3 is 0 Å². The Labute approximate surface area is 102 Å². The van der Waals surface area contributed by atoms with Crippen LogP contribution in [0.4, 0.5) is 0 Å². The average molecular weight is 277 g/mol. The molecule has 0 saturated carbocycles. The van der Waals surface area contributed by atoms with Gasteiger partial charge in [0, 0.05) is 16.9 Å². The summed E-state index contributed by atoms with van der Waals surface area (Å²) < 4.78 is 2.76. The molecule has 16 heavy (non-hydrogen) atoms. The van der Waals surface area contributed by atoms with E-state index in [-0.39, 0.29) is 0 Å². The zero-order chi connectivity index (χ0) is 11.5. The zero-order valence-corrected chi connectivity index (χ0v) is 10.3. The van der Waals surface area contributed by atoms with Gasteiger partial charge in [0.2, 0.25) is 5.82 Å². The lowest BCUT2D eigenvalue weighted by Gasteiger charge is -2.05. The van der Waals surface area contributed by atoms with E-state index < -0.39 is 0 Å². The Morgan fingerprint density at radius 3 is 3.00 bits per heavy atom. The second-order valence-corrected chi connectivity index (χ2v) is 4.21. The summed E-state index contributed by atoms with van der Waals surface area (Å²) in [4.78, 5) is 8.35. The van der Waals surface area contributed by atoms with Crippen LogP contribution in [-0.4, -0.2) is 14.5 Å². The molecule has 2 aromatic rings. The first-order valence-electron chi connectivity index (χ1n) is 4.74. The van der Waals surface area contributed by atoms with Crippen molar-refractivity contribution in [2.75, 3.05) is 0 Å². The Kier molecular flexibility index (Phi) is 3.02. The first-order valence-corrected chi connectivity index (χ1v) is 5.53. The summed E-state index contributed by atoms with van der Waals surface area (Å²) in [7, 11) is 0. The van der Waals surface area contributed by atoms with Crippen LogP contribution in [0.2, 0.25) is 0 Å². The zero-order valence-electron chi connectivity index (χ0n) is 8.68. The lowest BCUT2D eigenvalue weighted by Crippen LogP contribution is -2.04. The monoisotopic (exact) mass is 276 g/mol. The van der Waals surface area contributed by atoms with Crippen LogP contribution in [0.3, 0.4) is 0 Å². The molecule has 2 rings (SSSR count). The summed E-state index contributed by atoms with van der Waals surface area (Å²) in [5.41, 5.74) is 1.85. The number of rotatable bonds is 2. The van der Waals surface area contributed by atoms with E-state index in [1.54, 1.807) is 17.0 Å². The van der Waals surface area contributed by atoms with Crippen molar-refractivity contribution in [3.05, 3.63) is 46.2 Å². The van der Waals surface area contributed by atoms with Crippen molar-refractivity contribution in [2.45, 2.75) is 13.5 Å². The van der Waals surface area contributed by atoms with Crippen LogP contribution in [0.5, 0.6) is 0 Å². The van der Waals surface area contributed by atoms with Crippen LogP contribution in [-0.2, 0) is 6.54 Å². The predicted molar refractivity (Wildman–Crippen MR) is 62.7 cm³/mol. The summed E-state index contributed by atoms with van der Waals surface area (Å²) in [5, 5.41) is 8.82. The quantitative estimate of drug-likeness (QED) is 0.846. The Hall–Kier alpha value is -1.67. The minimum Gasteiger partial charge on any atom is -0.317 e. The van der Waals surface area contributed by atoms with Crippen molar-refractivity contribution in [1.29, 1.82) is 5.26 Å². The Morgan fingerprint density at radius 2 is 2.31 bits per heavy atom. The van der Waals surface area contributed by atoms with Crippen LogP contribution in [0, 0.1) is 18.3 Å². The molecular weight excluding hydrogens is 268 g/mol. The fourth-order valence-corrected chi connectivity index (χ4v) is 1.63. The molecule has 0 bridgehead atoms. The lowest BCUT2D eigenvalue weighted by atomic mass is 10.3. The first-order chi connectivity index (χ1) is 7.70. The SMILES string of the molecule is Cc1nc(Cn2ccnc2C#N)ccc1Br. The minimum absolute atomic E-state index is 0.405. The number of aromatic nitrogens is 3. The van der Waals surface area contributed by atoms with E-state index in [9.17, 15) is 0 Å². The van der Waals surface area contributed by atoms with Gasteiger partial charge in [-0.3, -0.25) is 4.98 Å². The third-order valence-corrected chi connectivity index (χ3v) is 3.06. The summed E-state index contributed by atoms with van der Waals surface area (Å²) in [6.45, 7) is 2.50. The Bertz CT molecular complexity index is 553.